The second-order valence-corrected chi connectivity index (χ2v) is 4.62. The summed E-state index contributed by atoms with van der Waals surface area (Å²) >= 11 is 0. The van der Waals surface area contributed by atoms with Crippen molar-refractivity contribution in [3.8, 4) is 0 Å². The van der Waals surface area contributed by atoms with Crippen molar-refractivity contribution >= 4 is 0 Å². The molecular weight excluding hydrogens is 232 g/mol. The molecule has 1 aliphatic rings. The zero-order valence-electron chi connectivity index (χ0n) is 10.9. The van der Waals surface area contributed by atoms with Crippen LogP contribution in [-0.4, -0.2) is 65.6 Å². The maximum atomic E-state index is 9.93. The molecule has 0 aliphatic carbocycles. The molecule has 1 aromatic heterocycles. The van der Waals surface area contributed by atoms with Crippen LogP contribution in [0.1, 0.15) is 5.82 Å². The molecule has 0 fully saturated rings. The molecule has 0 amide bonds. The Morgan fingerprint density at radius 1 is 1.56 bits per heavy atom. The van der Waals surface area contributed by atoms with Crippen LogP contribution < -0.4 is 5.32 Å². The predicted octanol–water partition coefficient (Wildman–Crippen LogP) is -0.704. The van der Waals surface area contributed by atoms with E-state index in [1.807, 2.05) is 12.4 Å². The first kappa shape index (κ1) is 13.5. The Kier molecular flexibility index (Phi) is 5.12. The molecule has 2 heterocycles. The number of aliphatic hydroxyl groups is 1. The molecule has 0 bridgehead atoms. The number of hydrogen-bond donors (Lipinski definition) is 2. The van der Waals surface area contributed by atoms with Crippen LogP contribution in [0.2, 0.25) is 0 Å². The number of aliphatic hydroxyl groups excluding tert-OH is 1. The van der Waals surface area contributed by atoms with Gasteiger partial charge in [-0.1, -0.05) is 0 Å². The molecule has 0 aromatic carbocycles. The Bertz CT molecular complexity index is 356. The molecule has 1 unspecified atom stereocenters. The molecule has 0 saturated heterocycles. The maximum Gasteiger partial charge on any atom is 0.122 e. The Morgan fingerprint density at radius 2 is 2.44 bits per heavy atom. The van der Waals surface area contributed by atoms with Crippen LogP contribution in [0.3, 0.4) is 0 Å². The Balaban J connectivity index is 1.67. The van der Waals surface area contributed by atoms with Gasteiger partial charge in [-0.3, -0.25) is 4.90 Å². The molecule has 2 N–H and O–H groups in total. The monoisotopic (exact) mass is 254 g/mol. The summed E-state index contributed by atoms with van der Waals surface area (Å²) in [6, 6.07) is 0. The third kappa shape index (κ3) is 3.78. The van der Waals surface area contributed by atoms with E-state index < -0.39 is 0 Å². The lowest BCUT2D eigenvalue weighted by Gasteiger charge is -2.29. The van der Waals surface area contributed by atoms with Gasteiger partial charge in [-0.2, -0.15) is 0 Å². The maximum absolute atomic E-state index is 9.93. The minimum absolute atomic E-state index is 0.344. The molecule has 2 rings (SSSR count). The average molecular weight is 254 g/mol. The fraction of sp³-hybridized carbons (Fsp3) is 0.750. The van der Waals surface area contributed by atoms with E-state index in [0.717, 1.165) is 32.0 Å². The highest BCUT2D eigenvalue weighted by atomic mass is 16.5. The lowest BCUT2D eigenvalue weighted by Crippen LogP contribution is -2.42. The van der Waals surface area contributed by atoms with Crippen molar-refractivity contribution in [1.29, 1.82) is 0 Å². The summed E-state index contributed by atoms with van der Waals surface area (Å²) < 4.78 is 7.10. The quantitative estimate of drug-likeness (QED) is 0.630. The third-order valence-corrected chi connectivity index (χ3v) is 3.16. The average Bonchev–Trinajstić information content (AvgIpc) is 2.82. The largest absolute Gasteiger partial charge is 0.390 e. The van der Waals surface area contributed by atoms with Crippen molar-refractivity contribution in [1.82, 2.24) is 19.8 Å². The van der Waals surface area contributed by atoms with Crippen LogP contribution in [0.4, 0.5) is 0 Å². The lowest BCUT2D eigenvalue weighted by atomic mass is 10.2. The molecule has 1 atom stereocenters. The molecule has 0 saturated carbocycles. The lowest BCUT2D eigenvalue weighted by molar-refractivity contribution is 0.0932. The van der Waals surface area contributed by atoms with Crippen LogP contribution in [0.25, 0.3) is 0 Å². The molecule has 1 aromatic rings. The van der Waals surface area contributed by atoms with E-state index in [9.17, 15) is 5.11 Å². The fourth-order valence-electron chi connectivity index (χ4n) is 2.18. The molecule has 102 valence electrons. The van der Waals surface area contributed by atoms with Crippen molar-refractivity contribution in [3.05, 3.63) is 18.2 Å². The number of hydrogen-bond acceptors (Lipinski definition) is 5. The second-order valence-electron chi connectivity index (χ2n) is 4.62. The summed E-state index contributed by atoms with van der Waals surface area (Å²) in [4.78, 5) is 6.55. The van der Waals surface area contributed by atoms with E-state index in [-0.39, 0.29) is 6.10 Å². The highest BCUT2D eigenvalue weighted by Crippen LogP contribution is 2.10. The van der Waals surface area contributed by atoms with Gasteiger partial charge in [-0.15, -0.1) is 0 Å². The Hall–Kier alpha value is -0.950. The van der Waals surface area contributed by atoms with E-state index >= 15 is 0 Å². The van der Waals surface area contributed by atoms with Gasteiger partial charge in [0.15, 0.2) is 0 Å². The van der Waals surface area contributed by atoms with Gasteiger partial charge in [0.25, 0.3) is 0 Å². The summed E-state index contributed by atoms with van der Waals surface area (Å²) in [6.07, 6.45) is 3.50. The number of methoxy groups -OCH3 is 1. The first-order chi connectivity index (χ1) is 8.79. The van der Waals surface area contributed by atoms with Gasteiger partial charge < -0.3 is 19.7 Å². The number of rotatable bonds is 7. The van der Waals surface area contributed by atoms with Crippen LogP contribution in [0.15, 0.2) is 12.4 Å². The first-order valence-electron chi connectivity index (χ1n) is 6.39. The number of aromatic nitrogens is 2. The fourth-order valence-corrected chi connectivity index (χ4v) is 2.18. The van der Waals surface area contributed by atoms with Crippen molar-refractivity contribution in [3.63, 3.8) is 0 Å². The van der Waals surface area contributed by atoms with Crippen molar-refractivity contribution < 1.29 is 9.84 Å². The van der Waals surface area contributed by atoms with Crippen molar-refractivity contribution in [2.24, 2.45) is 0 Å². The van der Waals surface area contributed by atoms with Gasteiger partial charge in [-0.05, 0) is 0 Å². The van der Waals surface area contributed by atoms with E-state index in [0.29, 0.717) is 19.7 Å². The molecule has 0 radical (unpaired) electrons. The minimum atomic E-state index is -0.344. The Labute approximate surface area is 108 Å². The highest BCUT2D eigenvalue weighted by molar-refractivity contribution is 4.95. The summed E-state index contributed by atoms with van der Waals surface area (Å²) in [6.45, 7) is 5.49. The first-order valence-corrected chi connectivity index (χ1v) is 6.39. The standard InChI is InChI=1S/C12H22N4O2/c1-18-7-3-13-8-11(17)9-15-5-6-16-4-2-14-12(16)10-15/h2,4,11,13,17H,3,5-10H2,1H3. The number of imidazole rings is 1. The molecule has 1 aliphatic heterocycles. The molecule has 18 heavy (non-hydrogen) atoms. The molecule has 6 heteroatoms. The van der Waals surface area contributed by atoms with Gasteiger partial charge in [0.2, 0.25) is 0 Å². The zero-order chi connectivity index (χ0) is 12.8. The highest BCUT2D eigenvalue weighted by Gasteiger charge is 2.18. The Morgan fingerprint density at radius 3 is 3.28 bits per heavy atom. The van der Waals surface area contributed by atoms with Gasteiger partial charge in [0, 0.05) is 52.2 Å². The van der Waals surface area contributed by atoms with Gasteiger partial charge >= 0.3 is 0 Å². The topological polar surface area (TPSA) is 62.5 Å². The predicted molar refractivity (Wildman–Crippen MR) is 68.3 cm³/mol. The van der Waals surface area contributed by atoms with E-state index in [1.165, 1.54) is 0 Å². The number of fused-ring (bicyclic) bond motifs is 1. The van der Waals surface area contributed by atoms with Gasteiger partial charge in [0.1, 0.15) is 5.82 Å². The summed E-state index contributed by atoms with van der Waals surface area (Å²) in [5.74, 6) is 1.08. The molecular formula is C12H22N4O2. The zero-order valence-corrected chi connectivity index (χ0v) is 10.9. The SMILES string of the molecule is COCCNCC(O)CN1CCn2ccnc2C1. The van der Waals surface area contributed by atoms with Crippen LogP contribution in [0, 0.1) is 0 Å². The third-order valence-electron chi connectivity index (χ3n) is 3.16. The van der Waals surface area contributed by atoms with E-state index in [2.05, 4.69) is 19.8 Å². The molecule has 6 nitrogen and oxygen atoms in total. The van der Waals surface area contributed by atoms with Crippen LogP contribution >= 0.6 is 0 Å². The van der Waals surface area contributed by atoms with E-state index in [4.69, 9.17) is 4.74 Å². The van der Waals surface area contributed by atoms with Crippen LogP contribution in [0.5, 0.6) is 0 Å². The minimum Gasteiger partial charge on any atom is -0.390 e. The normalized spacial score (nSPS) is 17.7. The number of ether oxygens (including phenoxy) is 1. The number of nitrogens with zero attached hydrogens (tertiary/aromatic N) is 3. The number of β-amino-alcohol motifs (C(OH)–C–C–N with tert-alkyl or cyclic N) is 1. The summed E-state index contributed by atoms with van der Waals surface area (Å²) in [7, 11) is 1.67. The van der Waals surface area contributed by atoms with Crippen molar-refractivity contribution in [2.75, 3.05) is 39.9 Å². The molecule has 0 spiro atoms. The van der Waals surface area contributed by atoms with Gasteiger partial charge in [0.05, 0.1) is 19.3 Å². The second kappa shape index (κ2) is 6.84. The number of nitrogens with one attached hydrogen (secondary N) is 1. The van der Waals surface area contributed by atoms with Gasteiger partial charge in [-0.25, -0.2) is 4.98 Å². The van der Waals surface area contributed by atoms with Crippen LogP contribution in [-0.2, 0) is 17.8 Å². The summed E-state index contributed by atoms with van der Waals surface area (Å²) in [5.41, 5.74) is 0. The smallest absolute Gasteiger partial charge is 0.122 e. The van der Waals surface area contributed by atoms with Crippen molar-refractivity contribution in [2.45, 2.75) is 19.2 Å². The summed E-state index contributed by atoms with van der Waals surface area (Å²) in [5, 5.41) is 13.1. The van der Waals surface area contributed by atoms with E-state index in [1.54, 1.807) is 7.11 Å².